The van der Waals surface area contributed by atoms with Gasteiger partial charge in [0.15, 0.2) is 0 Å². The Balaban J connectivity index is 2.07. The Kier molecular flexibility index (Phi) is 8.88. The van der Waals surface area contributed by atoms with Crippen LogP contribution in [0.25, 0.3) is 0 Å². The lowest BCUT2D eigenvalue weighted by Crippen LogP contribution is -2.46. The third-order valence-corrected chi connectivity index (χ3v) is 4.78. The number of aryl methyl sites for hydroxylation is 1. The van der Waals surface area contributed by atoms with E-state index < -0.39 is 19.1 Å². The third kappa shape index (κ3) is 7.58. The minimum atomic E-state index is -4.69. The second kappa shape index (κ2) is 10.9. The lowest BCUT2D eigenvalue weighted by atomic mass is 9.90. The summed E-state index contributed by atoms with van der Waals surface area (Å²) in [5.41, 5.74) is 3.20. The van der Waals surface area contributed by atoms with Gasteiger partial charge in [-0.15, -0.1) is 13.2 Å². The summed E-state index contributed by atoms with van der Waals surface area (Å²) in [6.07, 6.45) is -3.71. The molecule has 6 nitrogen and oxygen atoms in total. The Labute approximate surface area is 169 Å². The van der Waals surface area contributed by atoms with Crippen molar-refractivity contribution in [3.8, 4) is 0 Å². The molecule has 0 saturated carbocycles. The molecule has 2 atom stereocenters. The first-order valence-corrected chi connectivity index (χ1v) is 9.79. The summed E-state index contributed by atoms with van der Waals surface area (Å²) in [5.74, 6) is -0.140. The highest BCUT2D eigenvalue weighted by Crippen LogP contribution is 2.31. The molecule has 1 aromatic carbocycles. The number of aliphatic hydroxyl groups is 1. The minimum absolute atomic E-state index is 0.0708. The number of halogens is 3. The summed E-state index contributed by atoms with van der Waals surface area (Å²) in [7, 11) is 0. The first-order valence-electron chi connectivity index (χ1n) is 9.79. The van der Waals surface area contributed by atoms with E-state index in [1.54, 1.807) is 11.8 Å². The molecule has 0 bridgehead atoms. The zero-order chi connectivity index (χ0) is 21.4. The van der Waals surface area contributed by atoms with Crippen molar-refractivity contribution in [1.82, 2.24) is 10.2 Å². The number of ether oxygens (including phenoxy) is 2. The maximum Gasteiger partial charge on any atom is 0.522 e. The highest BCUT2D eigenvalue weighted by molar-refractivity contribution is 5.79. The topological polar surface area (TPSA) is 71.0 Å². The zero-order valence-electron chi connectivity index (χ0n) is 16.8. The van der Waals surface area contributed by atoms with Crippen molar-refractivity contribution in [2.24, 2.45) is 0 Å². The molecule has 0 aromatic heterocycles. The summed E-state index contributed by atoms with van der Waals surface area (Å²) in [6.45, 7) is 3.80. The number of fused-ring (bicyclic) bond motifs is 1. The number of nitrogens with zero attached hydrogens (tertiary/aromatic N) is 1. The molecule has 0 spiro atoms. The van der Waals surface area contributed by atoms with Crippen LogP contribution in [0.3, 0.4) is 0 Å². The van der Waals surface area contributed by atoms with Gasteiger partial charge in [-0.05, 0) is 36.5 Å². The van der Waals surface area contributed by atoms with Crippen LogP contribution >= 0.6 is 0 Å². The number of hydrogen-bond acceptors (Lipinski definition) is 5. The van der Waals surface area contributed by atoms with Gasteiger partial charge in [-0.3, -0.25) is 9.53 Å². The number of rotatable bonds is 10. The molecule has 1 amide bonds. The smallest absolute Gasteiger partial charge is 0.392 e. The number of carbonyl (C=O) groups is 1. The number of benzene rings is 1. The Morgan fingerprint density at radius 1 is 1.38 bits per heavy atom. The molecule has 2 N–H and O–H groups in total. The molecule has 0 saturated heterocycles. The van der Waals surface area contributed by atoms with Crippen LogP contribution in [0.4, 0.5) is 13.2 Å². The number of nitrogens with one attached hydrogen (secondary N) is 1. The predicted octanol–water partition coefficient (Wildman–Crippen LogP) is 2.20. The van der Waals surface area contributed by atoms with Crippen LogP contribution in [0, 0.1) is 0 Å². The summed E-state index contributed by atoms with van der Waals surface area (Å²) in [6, 6.07) is 5.76. The van der Waals surface area contributed by atoms with Gasteiger partial charge in [0.25, 0.3) is 0 Å². The zero-order valence-corrected chi connectivity index (χ0v) is 16.8. The van der Waals surface area contributed by atoms with E-state index in [-0.39, 0.29) is 31.7 Å². The summed E-state index contributed by atoms with van der Waals surface area (Å²) in [4.78, 5) is 14.4. The number of amides is 1. The molecule has 2 unspecified atom stereocenters. The largest absolute Gasteiger partial charge is 0.522 e. The van der Waals surface area contributed by atoms with Crippen LogP contribution in [0.15, 0.2) is 18.2 Å². The van der Waals surface area contributed by atoms with E-state index in [0.29, 0.717) is 19.5 Å². The molecule has 1 aliphatic heterocycles. The van der Waals surface area contributed by atoms with Gasteiger partial charge in [-0.25, -0.2) is 0 Å². The molecule has 0 fully saturated rings. The Hall–Kier alpha value is -1.68. The molecule has 29 heavy (non-hydrogen) atoms. The Morgan fingerprint density at radius 3 is 2.79 bits per heavy atom. The van der Waals surface area contributed by atoms with Crippen molar-refractivity contribution in [1.29, 1.82) is 0 Å². The van der Waals surface area contributed by atoms with E-state index in [0.717, 1.165) is 23.1 Å². The highest BCUT2D eigenvalue weighted by atomic mass is 19.4. The lowest BCUT2D eigenvalue weighted by molar-refractivity contribution is -0.327. The van der Waals surface area contributed by atoms with Crippen LogP contribution in [-0.4, -0.2) is 67.8 Å². The van der Waals surface area contributed by atoms with Gasteiger partial charge < -0.3 is 20.1 Å². The first-order chi connectivity index (χ1) is 13.7. The van der Waals surface area contributed by atoms with Crippen molar-refractivity contribution in [3.63, 3.8) is 0 Å². The molecule has 164 valence electrons. The molecule has 2 rings (SSSR count). The SMILES string of the molecule is CCc1ccc2c(c1)C(COCCOC(F)(F)F)N(C(=O)CNCC(C)O)CC2. The van der Waals surface area contributed by atoms with Crippen molar-refractivity contribution < 1.29 is 32.5 Å². The van der Waals surface area contributed by atoms with Crippen molar-refractivity contribution in [3.05, 3.63) is 34.9 Å². The fourth-order valence-corrected chi connectivity index (χ4v) is 3.35. The molecule has 1 aliphatic rings. The van der Waals surface area contributed by atoms with Gasteiger partial charge in [0.05, 0.1) is 38.5 Å². The number of aliphatic hydroxyl groups excluding tert-OH is 1. The van der Waals surface area contributed by atoms with E-state index in [1.807, 2.05) is 19.1 Å². The summed E-state index contributed by atoms with van der Waals surface area (Å²) < 4.78 is 45.5. The first kappa shape index (κ1) is 23.6. The van der Waals surface area contributed by atoms with Gasteiger partial charge in [0.1, 0.15) is 0 Å². The molecular weight excluding hydrogens is 389 g/mol. The third-order valence-electron chi connectivity index (χ3n) is 4.78. The molecule has 1 aromatic rings. The van der Waals surface area contributed by atoms with E-state index >= 15 is 0 Å². The maximum absolute atomic E-state index is 12.7. The van der Waals surface area contributed by atoms with Crippen molar-refractivity contribution >= 4 is 5.91 Å². The molecule has 0 radical (unpaired) electrons. The molecule has 9 heteroatoms. The van der Waals surface area contributed by atoms with Gasteiger partial charge in [0, 0.05) is 13.1 Å². The summed E-state index contributed by atoms with van der Waals surface area (Å²) in [5, 5.41) is 12.3. The van der Waals surface area contributed by atoms with Crippen LogP contribution in [0.1, 0.15) is 36.6 Å². The predicted molar refractivity (Wildman–Crippen MR) is 101 cm³/mol. The van der Waals surface area contributed by atoms with Crippen LogP contribution < -0.4 is 5.32 Å². The summed E-state index contributed by atoms with van der Waals surface area (Å²) >= 11 is 0. The van der Waals surface area contributed by atoms with Gasteiger partial charge in [-0.1, -0.05) is 25.1 Å². The molecule has 1 heterocycles. The molecule has 0 aliphatic carbocycles. The molecular formula is C20H29F3N2O4. The fraction of sp³-hybridized carbons (Fsp3) is 0.650. The Bertz CT molecular complexity index is 668. The van der Waals surface area contributed by atoms with Crippen molar-refractivity contribution in [2.75, 3.05) is 39.5 Å². The van der Waals surface area contributed by atoms with Crippen molar-refractivity contribution in [2.45, 2.75) is 45.2 Å². The van der Waals surface area contributed by atoms with Crippen LogP contribution in [0.5, 0.6) is 0 Å². The average molecular weight is 418 g/mol. The van der Waals surface area contributed by atoms with Gasteiger partial charge >= 0.3 is 6.36 Å². The number of alkyl halides is 3. The van der Waals surface area contributed by atoms with Gasteiger partial charge in [0.2, 0.25) is 5.91 Å². The lowest BCUT2D eigenvalue weighted by Gasteiger charge is -2.37. The number of hydrogen-bond donors (Lipinski definition) is 2. The van der Waals surface area contributed by atoms with Crippen LogP contribution in [0.2, 0.25) is 0 Å². The Morgan fingerprint density at radius 2 is 2.14 bits per heavy atom. The minimum Gasteiger partial charge on any atom is -0.392 e. The second-order valence-corrected chi connectivity index (χ2v) is 7.09. The van der Waals surface area contributed by atoms with Crippen LogP contribution in [-0.2, 0) is 27.1 Å². The highest BCUT2D eigenvalue weighted by Gasteiger charge is 2.32. The monoisotopic (exact) mass is 418 g/mol. The van der Waals surface area contributed by atoms with E-state index in [9.17, 15) is 23.1 Å². The van der Waals surface area contributed by atoms with E-state index in [4.69, 9.17) is 4.74 Å². The average Bonchev–Trinajstić information content (AvgIpc) is 2.65. The van der Waals surface area contributed by atoms with E-state index in [2.05, 4.69) is 16.1 Å². The van der Waals surface area contributed by atoms with Gasteiger partial charge in [-0.2, -0.15) is 0 Å². The quantitative estimate of drug-likeness (QED) is 0.570. The second-order valence-electron chi connectivity index (χ2n) is 7.09. The standard InChI is InChI=1S/C20H29F3N2O4/c1-3-15-4-5-16-6-7-25(19(27)12-24-11-14(2)26)18(17(16)10-15)13-28-8-9-29-20(21,22)23/h4-5,10,14,18,24,26H,3,6-9,11-13H2,1-2H3. The van der Waals surface area contributed by atoms with E-state index in [1.165, 1.54) is 0 Å². The number of carbonyl (C=O) groups excluding carboxylic acids is 1. The normalized spacial score (nSPS) is 17.9. The fourth-order valence-electron chi connectivity index (χ4n) is 3.35. The maximum atomic E-state index is 12.7.